The third-order valence-corrected chi connectivity index (χ3v) is 6.41. The second kappa shape index (κ2) is 10.8. The van der Waals surface area contributed by atoms with Crippen molar-refractivity contribution in [1.29, 1.82) is 5.26 Å². The molecule has 1 N–H and O–H groups in total. The number of para-hydroxylation sites is 2. The van der Waals surface area contributed by atoms with Crippen LogP contribution in [0, 0.1) is 17.1 Å². The average molecular weight is 476 g/mol. The zero-order valence-corrected chi connectivity index (χ0v) is 18.9. The van der Waals surface area contributed by atoms with E-state index in [-0.39, 0.29) is 17.5 Å². The topological polar surface area (TPSA) is 83.6 Å². The molecule has 164 valence electrons. The molecule has 0 unspecified atom stereocenters. The van der Waals surface area contributed by atoms with Gasteiger partial charge in [-0.25, -0.2) is 4.39 Å². The van der Waals surface area contributed by atoms with Gasteiger partial charge in [0.1, 0.15) is 5.82 Å². The number of aromatic nitrogens is 3. The zero-order chi connectivity index (χ0) is 23.0. The molecule has 0 aliphatic heterocycles. The maximum atomic E-state index is 13.4. The fourth-order valence-electron chi connectivity index (χ4n) is 3.08. The first-order chi connectivity index (χ1) is 16.2. The summed E-state index contributed by atoms with van der Waals surface area (Å²) in [4.78, 5) is 13.5. The van der Waals surface area contributed by atoms with Crippen molar-refractivity contribution in [2.75, 3.05) is 16.8 Å². The van der Waals surface area contributed by atoms with Crippen molar-refractivity contribution in [2.24, 2.45) is 0 Å². The van der Waals surface area contributed by atoms with Crippen molar-refractivity contribution in [3.05, 3.63) is 84.7 Å². The molecule has 1 aromatic heterocycles. The fraction of sp³-hybridized carbons (Fsp3) is 0.0833. The maximum absolute atomic E-state index is 13.4. The smallest absolute Gasteiger partial charge is 0.234 e. The Labute approximate surface area is 198 Å². The SMILES string of the molecule is N#CCSc1ccccc1NC(=O)CSc1nnc(-c2ccc(F)cc2)n1-c1ccccc1. The first kappa shape index (κ1) is 22.6. The van der Waals surface area contributed by atoms with Crippen LogP contribution in [0.1, 0.15) is 0 Å². The highest BCUT2D eigenvalue weighted by Gasteiger charge is 2.17. The van der Waals surface area contributed by atoms with E-state index in [1.807, 2.05) is 53.1 Å². The third kappa shape index (κ3) is 5.61. The molecule has 0 saturated carbocycles. The van der Waals surface area contributed by atoms with Gasteiger partial charge in [-0.1, -0.05) is 42.1 Å². The van der Waals surface area contributed by atoms with E-state index < -0.39 is 0 Å². The molecule has 0 aliphatic rings. The van der Waals surface area contributed by atoms with Gasteiger partial charge in [-0.15, -0.1) is 22.0 Å². The molecule has 4 aromatic rings. The minimum Gasteiger partial charge on any atom is -0.324 e. The average Bonchev–Trinajstić information content (AvgIpc) is 3.27. The summed E-state index contributed by atoms with van der Waals surface area (Å²) < 4.78 is 15.3. The van der Waals surface area contributed by atoms with Gasteiger partial charge in [-0.3, -0.25) is 9.36 Å². The molecule has 1 amide bonds. The largest absolute Gasteiger partial charge is 0.324 e. The van der Waals surface area contributed by atoms with Crippen LogP contribution in [0.15, 0.2) is 88.9 Å². The highest BCUT2D eigenvalue weighted by atomic mass is 32.2. The molecule has 3 aromatic carbocycles. The highest BCUT2D eigenvalue weighted by molar-refractivity contribution is 8.00. The van der Waals surface area contributed by atoms with Crippen molar-refractivity contribution in [2.45, 2.75) is 10.1 Å². The van der Waals surface area contributed by atoms with E-state index in [4.69, 9.17) is 5.26 Å². The lowest BCUT2D eigenvalue weighted by atomic mass is 10.2. The van der Waals surface area contributed by atoms with E-state index in [0.29, 0.717) is 28.0 Å². The van der Waals surface area contributed by atoms with Crippen molar-refractivity contribution < 1.29 is 9.18 Å². The van der Waals surface area contributed by atoms with Crippen LogP contribution >= 0.6 is 23.5 Å². The van der Waals surface area contributed by atoms with Gasteiger partial charge in [-0.05, 0) is 48.5 Å². The molecular formula is C24H18FN5OS2. The highest BCUT2D eigenvalue weighted by Crippen LogP contribution is 2.29. The third-order valence-electron chi connectivity index (χ3n) is 4.54. The summed E-state index contributed by atoms with van der Waals surface area (Å²) in [6.07, 6.45) is 0. The molecular weight excluding hydrogens is 457 g/mol. The van der Waals surface area contributed by atoms with Gasteiger partial charge in [0, 0.05) is 16.1 Å². The normalized spacial score (nSPS) is 10.5. The molecule has 0 spiro atoms. The predicted molar refractivity (Wildman–Crippen MR) is 129 cm³/mol. The van der Waals surface area contributed by atoms with Crippen LogP contribution in [0.3, 0.4) is 0 Å². The van der Waals surface area contributed by atoms with E-state index >= 15 is 0 Å². The maximum Gasteiger partial charge on any atom is 0.234 e. The lowest BCUT2D eigenvalue weighted by Crippen LogP contribution is -2.15. The van der Waals surface area contributed by atoms with Crippen LogP contribution in [0.4, 0.5) is 10.1 Å². The Hall–Kier alpha value is -3.61. The van der Waals surface area contributed by atoms with Gasteiger partial charge >= 0.3 is 0 Å². The van der Waals surface area contributed by atoms with Gasteiger partial charge < -0.3 is 5.32 Å². The summed E-state index contributed by atoms with van der Waals surface area (Å²) in [6, 6.07) is 25.1. The number of nitrogens with zero attached hydrogens (tertiary/aromatic N) is 4. The number of nitrogens with one attached hydrogen (secondary N) is 1. The lowest BCUT2D eigenvalue weighted by Gasteiger charge is -2.11. The van der Waals surface area contributed by atoms with E-state index in [1.165, 1.54) is 35.7 Å². The molecule has 4 rings (SSSR count). The quantitative estimate of drug-likeness (QED) is 0.343. The number of thioether (sulfide) groups is 2. The molecule has 0 saturated heterocycles. The molecule has 6 nitrogen and oxygen atoms in total. The number of carbonyl (C=O) groups is 1. The molecule has 0 aliphatic carbocycles. The van der Waals surface area contributed by atoms with Crippen LogP contribution < -0.4 is 5.32 Å². The first-order valence-electron chi connectivity index (χ1n) is 9.94. The summed E-state index contributed by atoms with van der Waals surface area (Å²) in [5.74, 6) is 0.446. The monoisotopic (exact) mass is 475 g/mol. The second-order valence-corrected chi connectivity index (χ2v) is 8.72. The summed E-state index contributed by atoms with van der Waals surface area (Å²) in [6.45, 7) is 0. The minimum atomic E-state index is -0.330. The Balaban J connectivity index is 1.55. The number of amides is 1. The Morgan fingerprint density at radius 3 is 2.45 bits per heavy atom. The molecule has 0 fully saturated rings. The summed E-state index contributed by atoms with van der Waals surface area (Å²) in [5.41, 5.74) is 2.22. The molecule has 33 heavy (non-hydrogen) atoms. The van der Waals surface area contributed by atoms with Crippen LogP contribution in [0.25, 0.3) is 17.1 Å². The Morgan fingerprint density at radius 1 is 0.970 bits per heavy atom. The first-order valence-corrected chi connectivity index (χ1v) is 11.9. The standard InChI is InChI=1S/C24H18FN5OS2/c25-18-12-10-17(11-13-18)23-28-29-24(30(23)19-6-2-1-3-7-19)33-16-22(31)27-20-8-4-5-9-21(20)32-15-14-26/h1-13H,15-16H2,(H,27,31). The summed E-state index contributed by atoms with van der Waals surface area (Å²) in [5, 5.41) is 20.9. The number of benzene rings is 3. The van der Waals surface area contributed by atoms with Crippen molar-refractivity contribution in [3.63, 3.8) is 0 Å². The van der Waals surface area contributed by atoms with E-state index in [0.717, 1.165) is 10.6 Å². The zero-order valence-electron chi connectivity index (χ0n) is 17.3. The van der Waals surface area contributed by atoms with Crippen LogP contribution in [-0.4, -0.2) is 32.2 Å². The van der Waals surface area contributed by atoms with Crippen molar-refractivity contribution in [1.82, 2.24) is 14.8 Å². The molecule has 0 bridgehead atoms. The molecule has 1 heterocycles. The number of nitriles is 1. The lowest BCUT2D eigenvalue weighted by molar-refractivity contribution is -0.113. The predicted octanol–water partition coefficient (Wildman–Crippen LogP) is 5.42. The second-order valence-electron chi connectivity index (χ2n) is 6.76. The molecule has 0 atom stereocenters. The fourth-order valence-corrected chi connectivity index (χ4v) is 4.50. The van der Waals surface area contributed by atoms with Crippen molar-refractivity contribution in [3.8, 4) is 23.1 Å². The minimum absolute atomic E-state index is 0.117. The number of rotatable bonds is 8. The summed E-state index contributed by atoms with van der Waals surface area (Å²) in [7, 11) is 0. The molecule has 9 heteroatoms. The molecule has 0 radical (unpaired) electrons. The number of halogens is 1. The van der Waals surface area contributed by atoms with Crippen LogP contribution in [0.2, 0.25) is 0 Å². The van der Waals surface area contributed by atoms with Gasteiger partial charge in [0.2, 0.25) is 5.91 Å². The van der Waals surface area contributed by atoms with Crippen LogP contribution in [0.5, 0.6) is 0 Å². The van der Waals surface area contributed by atoms with Gasteiger partial charge in [-0.2, -0.15) is 5.26 Å². The number of hydrogen-bond acceptors (Lipinski definition) is 6. The van der Waals surface area contributed by atoms with Gasteiger partial charge in [0.15, 0.2) is 11.0 Å². The van der Waals surface area contributed by atoms with Crippen molar-refractivity contribution >= 4 is 35.1 Å². The van der Waals surface area contributed by atoms with E-state index in [1.54, 1.807) is 18.2 Å². The number of anilines is 1. The Morgan fingerprint density at radius 2 is 1.70 bits per heavy atom. The van der Waals surface area contributed by atoms with E-state index in [2.05, 4.69) is 21.6 Å². The van der Waals surface area contributed by atoms with Crippen LogP contribution in [-0.2, 0) is 4.79 Å². The Kier molecular flexibility index (Phi) is 7.40. The van der Waals surface area contributed by atoms with E-state index in [9.17, 15) is 9.18 Å². The van der Waals surface area contributed by atoms with Gasteiger partial charge in [0.05, 0.1) is 23.3 Å². The Bertz CT molecular complexity index is 1290. The number of carbonyl (C=O) groups excluding carboxylic acids is 1. The van der Waals surface area contributed by atoms with Gasteiger partial charge in [0.25, 0.3) is 0 Å². The number of hydrogen-bond donors (Lipinski definition) is 1. The summed E-state index contributed by atoms with van der Waals surface area (Å²) >= 11 is 2.63.